The monoisotopic (exact) mass is 505 g/mol. The van der Waals surface area contributed by atoms with E-state index in [1.165, 1.54) is 0 Å². The van der Waals surface area contributed by atoms with Gasteiger partial charge in [0.25, 0.3) is 0 Å². The summed E-state index contributed by atoms with van der Waals surface area (Å²) in [5.74, 6) is 0. The molecule has 1 atom stereocenters. The molecule has 0 aliphatic rings. The van der Waals surface area contributed by atoms with Gasteiger partial charge in [0, 0.05) is 28.6 Å². The van der Waals surface area contributed by atoms with E-state index in [0.717, 1.165) is 53.9 Å². The zero-order chi connectivity index (χ0) is 24.9. The first-order chi connectivity index (χ1) is 16.6. The first-order valence-electron chi connectivity index (χ1n) is 11.6. The molecule has 0 unspecified atom stereocenters. The van der Waals surface area contributed by atoms with Crippen LogP contribution in [0.1, 0.15) is 38.0 Å². The second-order valence-corrected chi connectivity index (χ2v) is 11.2. The van der Waals surface area contributed by atoms with Crippen molar-refractivity contribution < 1.29 is 9.84 Å². The number of ether oxygens (including phenoxy) is 1. The van der Waals surface area contributed by atoms with Crippen LogP contribution in [0, 0.1) is 6.92 Å². The number of benzene rings is 3. The molecule has 180 valence electrons. The van der Waals surface area contributed by atoms with Gasteiger partial charge in [0.2, 0.25) is 0 Å². The lowest BCUT2D eigenvalue weighted by Gasteiger charge is -2.29. The first-order valence-corrected chi connectivity index (χ1v) is 12.7. The van der Waals surface area contributed by atoms with Crippen molar-refractivity contribution in [1.29, 1.82) is 0 Å². The smallest absolute Gasteiger partial charge is 0.124 e. The number of aryl methyl sites for hydroxylation is 2. The minimum Gasteiger partial charge on any atom is -0.393 e. The van der Waals surface area contributed by atoms with Crippen LogP contribution >= 0.6 is 22.9 Å². The minimum absolute atomic E-state index is 0.118. The van der Waals surface area contributed by atoms with Crippen LogP contribution in [-0.2, 0) is 11.8 Å². The molecule has 5 rings (SSSR count). The Morgan fingerprint density at radius 2 is 1.80 bits per heavy atom. The van der Waals surface area contributed by atoms with Crippen LogP contribution in [0.5, 0.6) is 0 Å². The number of aliphatic hydroxyl groups is 1. The molecular formula is C28H28ClN3O2S. The maximum Gasteiger partial charge on any atom is 0.124 e. The number of thiazole rings is 1. The largest absolute Gasteiger partial charge is 0.393 e. The highest BCUT2D eigenvalue weighted by molar-refractivity contribution is 7.22. The zero-order valence-electron chi connectivity index (χ0n) is 20.5. The lowest BCUT2D eigenvalue weighted by molar-refractivity contribution is -0.0821. The van der Waals surface area contributed by atoms with Crippen LogP contribution in [0.15, 0.2) is 54.7 Å². The Morgan fingerprint density at radius 1 is 1.09 bits per heavy atom. The molecule has 0 radical (unpaired) electrons. The van der Waals surface area contributed by atoms with Crippen molar-refractivity contribution in [2.75, 3.05) is 6.61 Å². The van der Waals surface area contributed by atoms with Crippen molar-refractivity contribution in [2.45, 2.75) is 39.4 Å². The fourth-order valence-corrected chi connectivity index (χ4v) is 5.81. The van der Waals surface area contributed by atoms with Crippen molar-refractivity contribution in [1.82, 2.24) is 14.8 Å². The Balaban J connectivity index is 1.75. The Hall–Kier alpha value is -2.77. The SMILES string of the molecule is Cc1cc2nc(-c3ccc4c(cnn4C)c3)sc2c(-c2ccc(Cl)cc2)c1[C@@H](CO)OC(C)(C)C. The highest BCUT2D eigenvalue weighted by Gasteiger charge is 2.27. The molecule has 35 heavy (non-hydrogen) atoms. The van der Waals surface area contributed by atoms with Crippen LogP contribution in [0.2, 0.25) is 5.02 Å². The van der Waals surface area contributed by atoms with Crippen molar-refractivity contribution in [3.63, 3.8) is 0 Å². The van der Waals surface area contributed by atoms with E-state index in [1.54, 1.807) is 11.3 Å². The molecule has 0 bridgehead atoms. The molecule has 0 saturated heterocycles. The topological polar surface area (TPSA) is 60.2 Å². The third kappa shape index (κ3) is 4.59. The van der Waals surface area contributed by atoms with Gasteiger partial charge in [-0.05, 0) is 80.8 Å². The summed E-state index contributed by atoms with van der Waals surface area (Å²) in [4.78, 5) is 5.02. The van der Waals surface area contributed by atoms with Crippen LogP contribution in [0.3, 0.4) is 0 Å². The molecule has 0 aliphatic carbocycles. The van der Waals surface area contributed by atoms with Crippen molar-refractivity contribution >= 4 is 44.1 Å². The molecule has 0 saturated carbocycles. The molecule has 5 aromatic rings. The Bertz CT molecular complexity index is 1530. The molecule has 0 fully saturated rings. The van der Waals surface area contributed by atoms with Gasteiger partial charge < -0.3 is 9.84 Å². The van der Waals surface area contributed by atoms with E-state index in [2.05, 4.69) is 36.3 Å². The van der Waals surface area contributed by atoms with E-state index in [4.69, 9.17) is 21.3 Å². The molecule has 7 heteroatoms. The molecule has 5 nitrogen and oxygen atoms in total. The molecule has 2 heterocycles. The molecule has 0 amide bonds. The van der Waals surface area contributed by atoms with Crippen molar-refractivity contribution in [3.8, 4) is 21.7 Å². The van der Waals surface area contributed by atoms with Gasteiger partial charge in [-0.15, -0.1) is 11.3 Å². The summed E-state index contributed by atoms with van der Waals surface area (Å²) < 4.78 is 9.26. The predicted octanol–water partition coefficient (Wildman–Crippen LogP) is 7.33. The lowest BCUT2D eigenvalue weighted by Crippen LogP contribution is -2.25. The summed E-state index contributed by atoms with van der Waals surface area (Å²) in [5, 5.41) is 17.4. The van der Waals surface area contributed by atoms with Crippen LogP contribution in [-0.4, -0.2) is 32.1 Å². The number of fused-ring (bicyclic) bond motifs is 2. The first kappa shape index (κ1) is 23.9. The number of hydrogen-bond acceptors (Lipinski definition) is 5. The Labute approximate surface area is 214 Å². The average Bonchev–Trinajstić information content (AvgIpc) is 3.40. The third-order valence-electron chi connectivity index (χ3n) is 6.04. The number of halogens is 1. The van der Waals surface area contributed by atoms with E-state index in [0.29, 0.717) is 5.02 Å². The van der Waals surface area contributed by atoms with Crippen molar-refractivity contribution in [3.05, 3.63) is 70.9 Å². The van der Waals surface area contributed by atoms with Gasteiger partial charge in [-0.3, -0.25) is 4.68 Å². The second kappa shape index (κ2) is 9.03. The van der Waals surface area contributed by atoms with Crippen LogP contribution in [0.4, 0.5) is 0 Å². The lowest BCUT2D eigenvalue weighted by atomic mass is 9.91. The Kier molecular flexibility index (Phi) is 6.18. The van der Waals surface area contributed by atoms with E-state index >= 15 is 0 Å². The standard InChI is InChI=1S/C28H28ClN3O2S/c1-16-12-21-26(35-27(31-21)18-8-11-22-19(13-18)14-30-32(22)5)25(17-6-9-20(29)10-7-17)24(16)23(15-33)34-28(2,3)4/h6-14,23,33H,15H2,1-5H3/t23-/m1/s1. The van der Waals surface area contributed by atoms with Gasteiger partial charge in [-0.1, -0.05) is 23.7 Å². The van der Waals surface area contributed by atoms with E-state index in [9.17, 15) is 5.11 Å². The predicted molar refractivity (Wildman–Crippen MR) is 145 cm³/mol. The van der Waals surface area contributed by atoms with E-state index in [1.807, 2.05) is 63.0 Å². The van der Waals surface area contributed by atoms with Crippen LogP contribution in [0.25, 0.3) is 42.8 Å². The Morgan fingerprint density at radius 3 is 2.49 bits per heavy atom. The summed E-state index contributed by atoms with van der Waals surface area (Å²) in [7, 11) is 1.94. The number of aliphatic hydroxyl groups excluding tert-OH is 1. The normalized spacial score (nSPS) is 13.1. The summed E-state index contributed by atoms with van der Waals surface area (Å²) in [6.07, 6.45) is 1.41. The summed E-state index contributed by atoms with van der Waals surface area (Å²) in [6.45, 7) is 7.96. The summed E-state index contributed by atoms with van der Waals surface area (Å²) >= 11 is 7.87. The maximum atomic E-state index is 10.4. The van der Waals surface area contributed by atoms with Gasteiger partial charge in [-0.25, -0.2) is 4.98 Å². The molecule has 0 spiro atoms. The fourth-order valence-electron chi connectivity index (χ4n) is 4.56. The quantitative estimate of drug-likeness (QED) is 0.271. The number of nitrogens with zero attached hydrogens (tertiary/aromatic N) is 3. The van der Waals surface area contributed by atoms with Gasteiger partial charge >= 0.3 is 0 Å². The van der Waals surface area contributed by atoms with Gasteiger partial charge in [0.1, 0.15) is 11.1 Å². The summed E-state index contributed by atoms with van der Waals surface area (Å²) in [6, 6.07) is 16.2. The number of rotatable bonds is 5. The molecule has 3 aromatic carbocycles. The highest BCUT2D eigenvalue weighted by atomic mass is 35.5. The molecule has 1 N–H and O–H groups in total. The molecule has 2 aromatic heterocycles. The highest BCUT2D eigenvalue weighted by Crippen LogP contribution is 2.44. The third-order valence-corrected chi connectivity index (χ3v) is 7.43. The molecular weight excluding hydrogens is 478 g/mol. The number of aromatic nitrogens is 3. The van der Waals surface area contributed by atoms with Crippen molar-refractivity contribution in [2.24, 2.45) is 7.05 Å². The summed E-state index contributed by atoms with van der Waals surface area (Å²) in [5.41, 5.74) is 6.72. The maximum absolute atomic E-state index is 10.4. The minimum atomic E-state index is -0.470. The number of hydrogen-bond donors (Lipinski definition) is 1. The van der Waals surface area contributed by atoms with Gasteiger partial charge in [0.05, 0.1) is 34.1 Å². The van der Waals surface area contributed by atoms with Crippen LogP contribution < -0.4 is 0 Å². The molecule has 0 aliphatic heterocycles. The van der Waals surface area contributed by atoms with E-state index < -0.39 is 11.7 Å². The zero-order valence-corrected chi connectivity index (χ0v) is 22.0. The van der Waals surface area contributed by atoms with Gasteiger partial charge in [-0.2, -0.15) is 5.10 Å². The second-order valence-electron chi connectivity index (χ2n) is 9.80. The average molecular weight is 506 g/mol. The van der Waals surface area contributed by atoms with E-state index in [-0.39, 0.29) is 6.61 Å². The fraction of sp³-hybridized carbons (Fsp3) is 0.286. The van der Waals surface area contributed by atoms with Gasteiger partial charge in [0.15, 0.2) is 0 Å².